The van der Waals surface area contributed by atoms with E-state index in [0.717, 1.165) is 31.7 Å². The summed E-state index contributed by atoms with van der Waals surface area (Å²) in [6, 6.07) is 21.8. The van der Waals surface area contributed by atoms with E-state index in [0.29, 0.717) is 0 Å². The van der Waals surface area contributed by atoms with Crippen molar-refractivity contribution >= 4 is 11.3 Å². The highest BCUT2D eigenvalue weighted by Crippen LogP contribution is 2.53. The minimum Gasteiger partial charge on any atom is -0.496 e. The lowest BCUT2D eigenvalue weighted by atomic mass is 9.70. The Kier molecular flexibility index (Phi) is 4.50. The van der Waals surface area contributed by atoms with Gasteiger partial charge in [-0.2, -0.15) is 0 Å². The number of para-hydroxylation sites is 1. The molecule has 2 aromatic carbocycles. The zero-order chi connectivity index (χ0) is 19.0. The first-order chi connectivity index (χ1) is 13.8. The third-order valence-corrected chi connectivity index (χ3v) is 7.49. The standard InChI is InChI=1S/C24H26N2OS/c1-27-21-11-5-3-9-19(21)17-26-23-13-7-14-25-24(23,22-12-6-15-28-22)20-10-4-2-8-18(20)16-23/h2-6,8-12,15,25-26H,7,13-14,16-17H2,1H3/t23-,24+/m1/s1. The average molecular weight is 391 g/mol. The van der Waals surface area contributed by atoms with Crippen molar-refractivity contribution in [3.63, 3.8) is 0 Å². The van der Waals surface area contributed by atoms with Crippen LogP contribution >= 0.6 is 11.3 Å². The number of hydrogen-bond acceptors (Lipinski definition) is 4. The summed E-state index contributed by atoms with van der Waals surface area (Å²) < 4.78 is 5.60. The van der Waals surface area contributed by atoms with Gasteiger partial charge < -0.3 is 15.4 Å². The van der Waals surface area contributed by atoms with Crippen molar-refractivity contribution in [3.8, 4) is 5.75 Å². The van der Waals surface area contributed by atoms with E-state index in [9.17, 15) is 0 Å². The Bertz CT molecular complexity index is 970. The van der Waals surface area contributed by atoms with Crippen LogP contribution in [0.4, 0.5) is 0 Å². The van der Waals surface area contributed by atoms with Gasteiger partial charge in [-0.1, -0.05) is 48.5 Å². The topological polar surface area (TPSA) is 33.3 Å². The van der Waals surface area contributed by atoms with Crippen molar-refractivity contribution in [1.82, 2.24) is 10.6 Å². The molecule has 1 aliphatic heterocycles. The van der Waals surface area contributed by atoms with Gasteiger partial charge in [-0.3, -0.25) is 0 Å². The summed E-state index contributed by atoms with van der Waals surface area (Å²) in [5.41, 5.74) is 3.89. The maximum absolute atomic E-state index is 5.60. The van der Waals surface area contributed by atoms with Crippen LogP contribution in [0.15, 0.2) is 66.0 Å². The van der Waals surface area contributed by atoms with Crippen molar-refractivity contribution in [1.29, 1.82) is 0 Å². The lowest BCUT2D eigenvalue weighted by Crippen LogP contribution is -2.68. The van der Waals surface area contributed by atoms with Crippen molar-refractivity contribution in [2.45, 2.75) is 36.9 Å². The van der Waals surface area contributed by atoms with Crippen LogP contribution in [0.25, 0.3) is 0 Å². The van der Waals surface area contributed by atoms with Gasteiger partial charge in [0, 0.05) is 17.0 Å². The molecule has 5 rings (SSSR count). The van der Waals surface area contributed by atoms with Gasteiger partial charge in [0.05, 0.1) is 18.2 Å². The number of piperidine rings is 1. The Labute approximate surface area is 170 Å². The second-order valence-electron chi connectivity index (χ2n) is 7.84. The molecule has 1 aliphatic carbocycles. The van der Waals surface area contributed by atoms with Crippen molar-refractivity contribution in [3.05, 3.63) is 87.6 Å². The number of hydrogen-bond donors (Lipinski definition) is 2. The molecular formula is C24H26N2OS. The monoisotopic (exact) mass is 390 g/mol. The lowest BCUT2D eigenvalue weighted by molar-refractivity contribution is 0.131. The van der Waals surface area contributed by atoms with Gasteiger partial charge in [-0.25, -0.2) is 0 Å². The molecule has 144 valence electrons. The quantitative estimate of drug-likeness (QED) is 0.674. The number of ether oxygens (including phenoxy) is 1. The first kappa shape index (κ1) is 17.9. The second kappa shape index (κ2) is 7.03. The fraction of sp³-hybridized carbons (Fsp3) is 0.333. The molecule has 4 heteroatoms. The molecular weight excluding hydrogens is 364 g/mol. The fourth-order valence-electron chi connectivity index (χ4n) is 5.31. The molecule has 2 heterocycles. The summed E-state index contributed by atoms with van der Waals surface area (Å²) in [5.74, 6) is 0.951. The Morgan fingerprint density at radius 3 is 2.79 bits per heavy atom. The van der Waals surface area contributed by atoms with Gasteiger partial charge in [-0.15, -0.1) is 11.3 Å². The molecule has 1 aromatic heterocycles. The Morgan fingerprint density at radius 2 is 1.93 bits per heavy atom. The van der Waals surface area contributed by atoms with Crippen molar-refractivity contribution in [2.75, 3.05) is 13.7 Å². The first-order valence-electron chi connectivity index (χ1n) is 10.0. The highest BCUT2D eigenvalue weighted by Gasteiger charge is 2.59. The van der Waals surface area contributed by atoms with Crippen molar-refractivity contribution in [2.24, 2.45) is 0 Å². The van der Waals surface area contributed by atoms with Crippen LogP contribution in [0.1, 0.15) is 34.4 Å². The molecule has 3 aromatic rings. The normalized spacial score (nSPS) is 25.9. The van der Waals surface area contributed by atoms with Crippen LogP contribution in [0.5, 0.6) is 5.75 Å². The number of benzene rings is 2. The minimum absolute atomic E-state index is 0.0410. The van der Waals surface area contributed by atoms with Gasteiger partial charge in [0.1, 0.15) is 5.75 Å². The van der Waals surface area contributed by atoms with E-state index in [1.807, 2.05) is 23.5 Å². The highest BCUT2D eigenvalue weighted by molar-refractivity contribution is 7.10. The van der Waals surface area contributed by atoms with E-state index in [2.05, 4.69) is 64.5 Å². The highest BCUT2D eigenvalue weighted by atomic mass is 32.1. The molecule has 3 nitrogen and oxygen atoms in total. The van der Waals surface area contributed by atoms with Gasteiger partial charge >= 0.3 is 0 Å². The maximum Gasteiger partial charge on any atom is 0.123 e. The molecule has 1 saturated heterocycles. The Morgan fingerprint density at radius 1 is 1.07 bits per heavy atom. The number of methoxy groups -OCH3 is 1. The number of thiophene rings is 1. The SMILES string of the molecule is COc1ccccc1CN[C@@]12CCCN[C@]1(c1cccs1)c1ccccc1C2. The molecule has 2 N–H and O–H groups in total. The minimum atomic E-state index is -0.169. The predicted octanol–water partition coefficient (Wildman–Crippen LogP) is 4.47. The van der Waals surface area contributed by atoms with E-state index in [-0.39, 0.29) is 11.1 Å². The zero-order valence-corrected chi connectivity index (χ0v) is 17.0. The summed E-state index contributed by atoms with van der Waals surface area (Å²) in [7, 11) is 1.75. The summed E-state index contributed by atoms with van der Waals surface area (Å²) in [5, 5.41) is 10.2. The molecule has 0 spiro atoms. The molecule has 2 atom stereocenters. The van der Waals surface area contributed by atoms with E-state index in [1.165, 1.54) is 28.0 Å². The van der Waals surface area contributed by atoms with Crippen LogP contribution in [0.2, 0.25) is 0 Å². The summed E-state index contributed by atoms with van der Waals surface area (Å²) in [4.78, 5) is 1.41. The first-order valence-corrected chi connectivity index (χ1v) is 10.9. The van der Waals surface area contributed by atoms with Crippen molar-refractivity contribution < 1.29 is 4.74 Å². The molecule has 0 saturated carbocycles. The van der Waals surface area contributed by atoms with Gasteiger partial charge in [0.25, 0.3) is 0 Å². The smallest absolute Gasteiger partial charge is 0.123 e. The van der Waals surface area contributed by atoms with Crippen LogP contribution in [-0.4, -0.2) is 19.2 Å². The number of nitrogens with one attached hydrogen (secondary N) is 2. The summed E-state index contributed by atoms with van der Waals surface area (Å²) in [6.07, 6.45) is 3.38. The van der Waals surface area contributed by atoms with E-state index >= 15 is 0 Å². The van der Waals surface area contributed by atoms with E-state index < -0.39 is 0 Å². The molecule has 0 amide bonds. The van der Waals surface area contributed by atoms with Gasteiger partial charge in [0.15, 0.2) is 0 Å². The lowest BCUT2D eigenvalue weighted by Gasteiger charge is -2.51. The van der Waals surface area contributed by atoms with Crippen LogP contribution in [0, 0.1) is 0 Å². The third kappa shape index (κ3) is 2.55. The maximum atomic E-state index is 5.60. The van der Waals surface area contributed by atoms with E-state index in [4.69, 9.17) is 4.74 Å². The average Bonchev–Trinajstić information content (AvgIpc) is 3.37. The second-order valence-corrected chi connectivity index (χ2v) is 8.79. The van der Waals surface area contributed by atoms with Gasteiger partial charge in [0.2, 0.25) is 0 Å². The molecule has 28 heavy (non-hydrogen) atoms. The Balaban J connectivity index is 1.60. The number of fused-ring (bicyclic) bond motifs is 3. The molecule has 0 unspecified atom stereocenters. The molecule has 0 radical (unpaired) electrons. The largest absolute Gasteiger partial charge is 0.496 e. The Hall–Kier alpha value is -2.14. The molecule has 0 bridgehead atoms. The van der Waals surface area contributed by atoms with Crippen LogP contribution in [0.3, 0.4) is 0 Å². The van der Waals surface area contributed by atoms with Crippen LogP contribution < -0.4 is 15.4 Å². The molecule has 1 fully saturated rings. The molecule has 2 aliphatic rings. The third-order valence-electron chi connectivity index (χ3n) is 6.50. The number of rotatable bonds is 5. The zero-order valence-electron chi connectivity index (χ0n) is 16.2. The summed E-state index contributed by atoms with van der Waals surface area (Å²) >= 11 is 1.86. The fourth-order valence-corrected chi connectivity index (χ4v) is 6.32. The van der Waals surface area contributed by atoms with E-state index in [1.54, 1.807) is 7.11 Å². The summed E-state index contributed by atoms with van der Waals surface area (Å²) in [6.45, 7) is 1.84. The van der Waals surface area contributed by atoms with Gasteiger partial charge in [-0.05, 0) is 54.4 Å². The van der Waals surface area contributed by atoms with Crippen LogP contribution in [-0.2, 0) is 18.5 Å². The predicted molar refractivity (Wildman–Crippen MR) is 115 cm³/mol.